The topological polar surface area (TPSA) is 26.3 Å². The molecule has 0 atom stereocenters. The maximum absolute atomic E-state index is 12.7. The van der Waals surface area contributed by atoms with E-state index in [1.54, 1.807) is 0 Å². The number of hydrogen-bond acceptors (Lipinski definition) is 2. The summed E-state index contributed by atoms with van der Waals surface area (Å²) < 4.78 is 43.1. The molecule has 1 aromatic carbocycles. The van der Waals surface area contributed by atoms with Crippen molar-refractivity contribution in [2.45, 2.75) is 96.6 Å². The minimum atomic E-state index is -4.39. The summed E-state index contributed by atoms with van der Waals surface area (Å²) in [5.74, 6) is -0.522. The summed E-state index contributed by atoms with van der Waals surface area (Å²) >= 11 is 0. The quantitative estimate of drug-likeness (QED) is 0.151. The first-order chi connectivity index (χ1) is 14.4. The van der Waals surface area contributed by atoms with Crippen LogP contribution in [-0.4, -0.2) is 12.6 Å². The van der Waals surface area contributed by atoms with E-state index >= 15 is 0 Å². The zero-order valence-electron chi connectivity index (χ0n) is 18.3. The SMILES string of the molecule is CCCCCCCCCCCCCCCOC(=O)/C=C/c1cccc(C(F)(F)F)c1. The Kier molecular flexibility index (Phi) is 14.0. The number of alkyl halides is 3. The third-order valence-electron chi connectivity index (χ3n) is 5.12. The molecule has 0 N–H and O–H groups in total. The van der Waals surface area contributed by atoms with Crippen molar-refractivity contribution >= 4 is 12.0 Å². The normalized spacial score (nSPS) is 11.9. The standard InChI is InChI=1S/C25H37F3O2/c1-2-3-4-5-6-7-8-9-10-11-12-13-14-20-30-24(29)19-18-22-16-15-17-23(21-22)25(26,27)28/h15-19,21H,2-14,20H2,1H3/b19-18+. The molecule has 0 aliphatic carbocycles. The highest BCUT2D eigenvalue weighted by Gasteiger charge is 2.30. The molecule has 30 heavy (non-hydrogen) atoms. The van der Waals surface area contributed by atoms with Crippen LogP contribution < -0.4 is 0 Å². The summed E-state index contributed by atoms with van der Waals surface area (Å²) in [6, 6.07) is 4.85. The van der Waals surface area contributed by atoms with Crippen molar-refractivity contribution in [1.82, 2.24) is 0 Å². The molecule has 0 fully saturated rings. The Labute approximate surface area is 179 Å². The first-order valence-corrected chi connectivity index (χ1v) is 11.5. The highest BCUT2D eigenvalue weighted by Crippen LogP contribution is 2.29. The van der Waals surface area contributed by atoms with Gasteiger partial charge in [-0.25, -0.2) is 4.79 Å². The van der Waals surface area contributed by atoms with Crippen molar-refractivity contribution in [3.63, 3.8) is 0 Å². The number of halogens is 3. The molecule has 0 aliphatic heterocycles. The van der Waals surface area contributed by atoms with Gasteiger partial charge in [-0.1, -0.05) is 96.1 Å². The van der Waals surface area contributed by atoms with Crippen LogP contribution >= 0.6 is 0 Å². The van der Waals surface area contributed by atoms with Gasteiger partial charge in [-0.2, -0.15) is 13.2 Å². The average Bonchev–Trinajstić information content (AvgIpc) is 2.72. The number of carbonyl (C=O) groups excluding carboxylic acids is 1. The van der Waals surface area contributed by atoms with Crippen LogP contribution in [0.1, 0.15) is 102 Å². The van der Waals surface area contributed by atoms with Gasteiger partial charge >= 0.3 is 12.1 Å². The Hall–Kier alpha value is -1.78. The van der Waals surface area contributed by atoms with Crippen LogP contribution in [0.25, 0.3) is 6.08 Å². The van der Waals surface area contributed by atoms with Crippen molar-refractivity contribution < 1.29 is 22.7 Å². The van der Waals surface area contributed by atoms with Gasteiger partial charge in [-0.05, 0) is 30.2 Å². The summed E-state index contributed by atoms with van der Waals surface area (Å²) in [6.45, 7) is 2.59. The van der Waals surface area contributed by atoms with Crippen LogP contribution in [0.3, 0.4) is 0 Å². The number of rotatable bonds is 16. The fourth-order valence-electron chi connectivity index (χ4n) is 3.32. The zero-order valence-corrected chi connectivity index (χ0v) is 18.3. The Morgan fingerprint density at radius 3 is 1.93 bits per heavy atom. The molecule has 1 rings (SSSR count). The van der Waals surface area contributed by atoms with E-state index in [4.69, 9.17) is 4.74 Å². The summed E-state index contributed by atoms with van der Waals surface area (Å²) in [5.41, 5.74) is -0.410. The lowest BCUT2D eigenvalue weighted by atomic mass is 10.0. The molecule has 5 heteroatoms. The molecule has 0 saturated carbocycles. The average molecular weight is 427 g/mol. The Balaban J connectivity index is 2.01. The second-order valence-corrected chi connectivity index (χ2v) is 7.87. The molecule has 0 spiro atoms. The number of carbonyl (C=O) groups is 1. The van der Waals surface area contributed by atoms with Crippen LogP contribution in [0.2, 0.25) is 0 Å². The molecule has 0 aliphatic rings. The fraction of sp³-hybridized carbons (Fsp3) is 0.640. The van der Waals surface area contributed by atoms with E-state index in [9.17, 15) is 18.0 Å². The van der Waals surface area contributed by atoms with Crippen LogP contribution in [0.5, 0.6) is 0 Å². The van der Waals surface area contributed by atoms with Gasteiger partial charge in [0.05, 0.1) is 12.2 Å². The van der Waals surface area contributed by atoms with E-state index in [0.29, 0.717) is 12.2 Å². The third-order valence-corrected chi connectivity index (χ3v) is 5.12. The Morgan fingerprint density at radius 2 is 1.40 bits per heavy atom. The lowest BCUT2D eigenvalue weighted by Crippen LogP contribution is -2.04. The van der Waals surface area contributed by atoms with E-state index < -0.39 is 17.7 Å². The summed E-state index contributed by atoms with van der Waals surface area (Å²) in [6.07, 6.45) is 14.4. The van der Waals surface area contributed by atoms with Gasteiger partial charge in [0.2, 0.25) is 0 Å². The molecule has 170 valence electrons. The smallest absolute Gasteiger partial charge is 0.416 e. The van der Waals surface area contributed by atoms with Crippen molar-refractivity contribution in [3.05, 3.63) is 41.5 Å². The van der Waals surface area contributed by atoms with Gasteiger partial charge < -0.3 is 4.74 Å². The molecule has 0 saturated heterocycles. The van der Waals surface area contributed by atoms with E-state index in [0.717, 1.165) is 31.4 Å². The van der Waals surface area contributed by atoms with Gasteiger partial charge in [0, 0.05) is 6.08 Å². The molecule has 0 aromatic heterocycles. The van der Waals surface area contributed by atoms with Crippen LogP contribution in [-0.2, 0) is 15.7 Å². The minimum absolute atomic E-state index is 0.322. The molecule has 0 unspecified atom stereocenters. The number of ether oxygens (including phenoxy) is 1. The molecular formula is C25H37F3O2. The maximum atomic E-state index is 12.7. The number of hydrogen-bond donors (Lipinski definition) is 0. The molecule has 2 nitrogen and oxygen atoms in total. The minimum Gasteiger partial charge on any atom is -0.463 e. The zero-order chi connectivity index (χ0) is 22.1. The highest BCUT2D eigenvalue weighted by molar-refractivity contribution is 5.87. The summed E-state index contributed by atoms with van der Waals surface area (Å²) in [4.78, 5) is 11.7. The van der Waals surface area contributed by atoms with Crippen molar-refractivity contribution in [1.29, 1.82) is 0 Å². The maximum Gasteiger partial charge on any atom is 0.416 e. The molecule has 0 radical (unpaired) electrons. The second kappa shape index (κ2) is 16.0. The highest BCUT2D eigenvalue weighted by atomic mass is 19.4. The van der Waals surface area contributed by atoms with Crippen LogP contribution in [0, 0.1) is 0 Å². The van der Waals surface area contributed by atoms with Gasteiger partial charge in [-0.15, -0.1) is 0 Å². The van der Waals surface area contributed by atoms with Crippen LogP contribution in [0.4, 0.5) is 13.2 Å². The first kappa shape index (κ1) is 26.3. The second-order valence-electron chi connectivity index (χ2n) is 7.87. The van der Waals surface area contributed by atoms with Crippen molar-refractivity contribution in [3.8, 4) is 0 Å². The molecular weight excluding hydrogens is 389 g/mol. The van der Waals surface area contributed by atoms with Gasteiger partial charge in [-0.3, -0.25) is 0 Å². The largest absolute Gasteiger partial charge is 0.463 e. The number of esters is 1. The summed E-state index contributed by atoms with van der Waals surface area (Å²) in [5, 5.41) is 0. The van der Waals surface area contributed by atoms with Gasteiger partial charge in [0.15, 0.2) is 0 Å². The summed E-state index contributed by atoms with van der Waals surface area (Å²) in [7, 11) is 0. The van der Waals surface area contributed by atoms with E-state index in [1.807, 2.05) is 0 Å². The lowest BCUT2D eigenvalue weighted by molar-refractivity contribution is -0.138. The molecule has 0 bridgehead atoms. The predicted octanol–water partition coefficient (Wildman–Crippen LogP) is 8.35. The van der Waals surface area contributed by atoms with Crippen molar-refractivity contribution in [2.24, 2.45) is 0 Å². The van der Waals surface area contributed by atoms with E-state index in [-0.39, 0.29) is 0 Å². The molecule has 0 heterocycles. The first-order valence-electron chi connectivity index (χ1n) is 11.5. The monoisotopic (exact) mass is 426 g/mol. The van der Waals surface area contributed by atoms with Gasteiger partial charge in [0.1, 0.15) is 0 Å². The predicted molar refractivity (Wildman–Crippen MR) is 117 cm³/mol. The lowest BCUT2D eigenvalue weighted by Gasteiger charge is -2.06. The molecule has 0 amide bonds. The van der Waals surface area contributed by atoms with Crippen LogP contribution in [0.15, 0.2) is 30.3 Å². The van der Waals surface area contributed by atoms with Crippen molar-refractivity contribution in [2.75, 3.05) is 6.61 Å². The number of unbranched alkanes of at least 4 members (excludes halogenated alkanes) is 12. The van der Waals surface area contributed by atoms with Gasteiger partial charge in [0.25, 0.3) is 0 Å². The van der Waals surface area contributed by atoms with E-state index in [1.165, 1.54) is 88.5 Å². The Morgan fingerprint density at radius 1 is 0.867 bits per heavy atom. The Bertz CT molecular complexity index is 609. The third kappa shape index (κ3) is 13.4. The fourth-order valence-corrected chi connectivity index (χ4v) is 3.32. The van der Waals surface area contributed by atoms with E-state index in [2.05, 4.69) is 6.92 Å². The molecule has 1 aromatic rings. The number of benzene rings is 1.